The summed E-state index contributed by atoms with van der Waals surface area (Å²) in [5.41, 5.74) is 8.94. The molecule has 0 fully saturated rings. The van der Waals surface area contributed by atoms with E-state index in [1.54, 1.807) is 30.3 Å². The van der Waals surface area contributed by atoms with Gasteiger partial charge in [-0.3, -0.25) is 4.79 Å². The van der Waals surface area contributed by atoms with Crippen LogP contribution < -0.4 is 11.1 Å². The first kappa shape index (κ1) is 12.7. The molecule has 0 aliphatic rings. The molecule has 1 amide bonds. The Bertz CT molecular complexity index is 654. The number of aryl methyl sites for hydroxylation is 1. The second kappa shape index (κ2) is 5.23. The summed E-state index contributed by atoms with van der Waals surface area (Å²) in [5.74, 6) is -0.248. The fourth-order valence-corrected chi connectivity index (χ4v) is 1.67. The number of nitrogens with one attached hydrogen (secondary N) is 1. The largest absolute Gasteiger partial charge is 0.397 e. The van der Waals surface area contributed by atoms with Crippen molar-refractivity contribution in [3.8, 4) is 6.07 Å². The normalized spacial score (nSPS) is 9.68. The maximum Gasteiger partial charge on any atom is 0.255 e. The van der Waals surface area contributed by atoms with Crippen LogP contribution in [0, 0.1) is 18.3 Å². The molecule has 2 aromatic rings. The Labute approximate surface area is 111 Å². The molecule has 19 heavy (non-hydrogen) atoms. The molecule has 0 heterocycles. The lowest BCUT2D eigenvalue weighted by Gasteiger charge is -2.09. The van der Waals surface area contributed by atoms with E-state index in [2.05, 4.69) is 5.32 Å². The molecule has 4 heteroatoms. The Hall–Kier alpha value is -2.80. The van der Waals surface area contributed by atoms with E-state index in [-0.39, 0.29) is 5.91 Å². The van der Waals surface area contributed by atoms with Crippen LogP contribution in [0.25, 0.3) is 0 Å². The number of nitriles is 1. The maximum absolute atomic E-state index is 12.0. The number of carbonyl (C=O) groups excluding carboxylic acids is 1. The van der Waals surface area contributed by atoms with Gasteiger partial charge in [0.15, 0.2) is 0 Å². The Morgan fingerprint density at radius 1 is 1.21 bits per heavy atom. The van der Waals surface area contributed by atoms with Crippen LogP contribution in [0.3, 0.4) is 0 Å². The van der Waals surface area contributed by atoms with Crippen molar-refractivity contribution >= 4 is 17.3 Å². The van der Waals surface area contributed by atoms with E-state index in [0.717, 1.165) is 5.56 Å². The molecule has 0 atom stereocenters. The molecule has 0 aliphatic carbocycles. The van der Waals surface area contributed by atoms with Gasteiger partial charge in [-0.2, -0.15) is 5.26 Å². The first-order valence-corrected chi connectivity index (χ1v) is 5.78. The SMILES string of the molecule is Cc1ccc(N)c(NC(=O)c2ccc(C#N)cc2)c1. The third-order valence-electron chi connectivity index (χ3n) is 2.73. The molecule has 0 saturated heterocycles. The van der Waals surface area contributed by atoms with Crippen LogP contribution in [0.15, 0.2) is 42.5 Å². The lowest BCUT2D eigenvalue weighted by atomic mass is 10.1. The third kappa shape index (κ3) is 2.90. The lowest BCUT2D eigenvalue weighted by molar-refractivity contribution is 0.102. The van der Waals surface area contributed by atoms with Crippen molar-refractivity contribution in [2.75, 3.05) is 11.1 Å². The highest BCUT2D eigenvalue weighted by atomic mass is 16.1. The summed E-state index contributed by atoms with van der Waals surface area (Å²) in [6.07, 6.45) is 0. The number of amides is 1. The smallest absolute Gasteiger partial charge is 0.255 e. The monoisotopic (exact) mass is 251 g/mol. The molecule has 4 nitrogen and oxygen atoms in total. The number of rotatable bonds is 2. The fourth-order valence-electron chi connectivity index (χ4n) is 1.67. The van der Waals surface area contributed by atoms with Gasteiger partial charge in [0.05, 0.1) is 23.0 Å². The summed E-state index contributed by atoms with van der Waals surface area (Å²) in [6, 6.07) is 13.9. The summed E-state index contributed by atoms with van der Waals surface area (Å²) in [6.45, 7) is 1.93. The second-order valence-electron chi connectivity index (χ2n) is 4.23. The number of nitrogen functional groups attached to an aromatic ring is 1. The van der Waals surface area contributed by atoms with Gasteiger partial charge in [-0.05, 0) is 48.9 Å². The molecule has 0 unspecified atom stereocenters. The lowest BCUT2D eigenvalue weighted by Crippen LogP contribution is -2.13. The van der Waals surface area contributed by atoms with Crippen LogP contribution in [-0.2, 0) is 0 Å². The first-order valence-electron chi connectivity index (χ1n) is 5.78. The minimum Gasteiger partial charge on any atom is -0.397 e. The van der Waals surface area contributed by atoms with E-state index in [0.29, 0.717) is 22.5 Å². The zero-order valence-corrected chi connectivity index (χ0v) is 10.5. The van der Waals surface area contributed by atoms with Crippen LogP contribution in [0.5, 0.6) is 0 Å². The van der Waals surface area contributed by atoms with Gasteiger partial charge in [0.1, 0.15) is 0 Å². The maximum atomic E-state index is 12.0. The number of hydrogen-bond donors (Lipinski definition) is 2. The minimum absolute atomic E-state index is 0.248. The van der Waals surface area contributed by atoms with Crippen LogP contribution >= 0.6 is 0 Å². The molecule has 0 aromatic heterocycles. The van der Waals surface area contributed by atoms with Crippen molar-refractivity contribution in [3.05, 3.63) is 59.2 Å². The van der Waals surface area contributed by atoms with E-state index >= 15 is 0 Å². The molecule has 0 bridgehead atoms. The van der Waals surface area contributed by atoms with Gasteiger partial charge >= 0.3 is 0 Å². The quantitative estimate of drug-likeness (QED) is 0.805. The standard InChI is InChI=1S/C15H13N3O/c1-10-2-7-13(17)14(8-10)18-15(19)12-5-3-11(9-16)4-6-12/h2-8H,17H2,1H3,(H,18,19). The number of nitrogens with zero attached hydrogens (tertiary/aromatic N) is 1. The topological polar surface area (TPSA) is 78.9 Å². The third-order valence-corrected chi connectivity index (χ3v) is 2.73. The minimum atomic E-state index is -0.248. The Morgan fingerprint density at radius 3 is 2.53 bits per heavy atom. The van der Waals surface area contributed by atoms with Gasteiger partial charge in [-0.15, -0.1) is 0 Å². The van der Waals surface area contributed by atoms with Crippen molar-refractivity contribution in [3.63, 3.8) is 0 Å². The van der Waals surface area contributed by atoms with Crippen LogP contribution in [0.4, 0.5) is 11.4 Å². The predicted molar refractivity (Wildman–Crippen MR) is 74.7 cm³/mol. The molecule has 0 saturated carbocycles. The van der Waals surface area contributed by atoms with Crippen molar-refractivity contribution in [1.29, 1.82) is 5.26 Å². The van der Waals surface area contributed by atoms with Gasteiger partial charge in [0.25, 0.3) is 5.91 Å². The molecule has 0 spiro atoms. The number of benzene rings is 2. The second-order valence-corrected chi connectivity index (χ2v) is 4.23. The molecule has 3 N–H and O–H groups in total. The summed E-state index contributed by atoms with van der Waals surface area (Å²) < 4.78 is 0. The van der Waals surface area contributed by atoms with Crippen LogP contribution in [0.2, 0.25) is 0 Å². The van der Waals surface area contributed by atoms with Gasteiger partial charge < -0.3 is 11.1 Å². The average Bonchev–Trinajstić information content (AvgIpc) is 2.43. The highest BCUT2D eigenvalue weighted by molar-refractivity contribution is 6.05. The van der Waals surface area contributed by atoms with Gasteiger partial charge in [0, 0.05) is 5.56 Å². The van der Waals surface area contributed by atoms with E-state index in [4.69, 9.17) is 11.0 Å². The highest BCUT2D eigenvalue weighted by Crippen LogP contribution is 2.20. The van der Waals surface area contributed by atoms with Gasteiger partial charge in [-0.25, -0.2) is 0 Å². The molecule has 2 rings (SSSR count). The molecular formula is C15H13N3O. The summed E-state index contributed by atoms with van der Waals surface area (Å²) in [7, 11) is 0. The molecule has 2 aromatic carbocycles. The van der Waals surface area contributed by atoms with Crippen molar-refractivity contribution < 1.29 is 4.79 Å². The predicted octanol–water partition coefficient (Wildman–Crippen LogP) is 2.70. The van der Waals surface area contributed by atoms with E-state index in [9.17, 15) is 4.79 Å². The summed E-state index contributed by atoms with van der Waals surface area (Å²) in [5, 5.41) is 11.5. The summed E-state index contributed by atoms with van der Waals surface area (Å²) in [4.78, 5) is 12.0. The first-order chi connectivity index (χ1) is 9.10. The molecular weight excluding hydrogens is 238 g/mol. The Kier molecular flexibility index (Phi) is 3.48. The zero-order valence-electron chi connectivity index (χ0n) is 10.5. The van der Waals surface area contributed by atoms with E-state index in [1.165, 1.54) is 0 Å². The Balaban J connectivity index is 2.21. The average molecular weight is 251 g/mol. The molecule has 0 aliphatic heterocycles. The van der Waals surface area contributed by atoms with Crippen LogP contribution in [-0.4, -0.2) is 5.91 Å². The highest BCUT2D eigenvalue weighted by Gasteiger charge is 2.08. The van der Waals surface area contributed by atoms with Crippen molar-refractivity contribution in [1.82, 2.24) is 0 Å². The van der Waals surface area contributed by atoms with Crippen LogP contribution in [0.1, 0.15) is 21.5 Å². The molecule has 94 valence electrons. The van der Waals surface area contributed by atoms with Crippen molar-refractivity contribution in [2.45, 2.75) is 6.92 Å². The van der Waals surface area contributed by atoms with Crippen molar-refractivity contribution in [2.24, 2.45) is 0 Å². The van der Waals surface area contributed by atoms with E-state index in [1.807, 2.05) is 25.1 Å². The molecule has 0 radical (unpaired) electrons. The number of nitrogens with two attached hydrogens (primary N) is 1. The van der Waals surface area contributed by atoms with Gasteiger partial charge in [0.2, 0.25) is 0 Å². The van der Waals surface area contributed by atoms with Gasteiger partial charge in [-0.1, -0.05) is 6.07 Å². The number of carbonyl (C=O) groups is 1. The Morgan fingerprint density at radius 2 is 1.89 bits per heavy atom. The fraction of sp³-hybridized carbons (Fsp3) is 0.0667. The number of hydrogen-bond acceptors (Lipinski definition) is 3. The van der Waals surface area contributed by atoms with E-state index < -0.39 is 0 Å². The number of anilines is 2. The summed E-state index contributed by atoms with van der Waals surface area (Å²) >= 11 is 0. The zero-order chi connectivity index (χ0) is 13.8.